The van der Waals surface area contributed by atoms with Crippen LogP contribution in [-0.4, -0.2) is 56.9 Å². The second-order valence-corrected chi connectivity index (χ2v) is 10.5. The number of carbonyl (C=O) groups is 2. The zero-order valence-corrected chi connectivity index (χ0v) is 21.8. The number of rotatable bonds is 11. The van der Waals surface area contributed by atoms with Crippen LogP contribution in [0.2, 0.25) is 0 Å². The number of aromatic nitrogens is 4. The Hall–Kier alpha value is -2.73. The first-order valence-corrected chi connectivity index (χ1v) is 11.6. The number of nitrogens with zero attached hydrogens (tertiary/aromatic N) is 4. The van der Waals surface area contributed by atoms with Gasteiger partial charge >= 0.3 is 17.7 Å². The monoisotopic (exact) mass is 513 g/mol. The van der Waals surface area contributed by atoms with Gasteiger partial charge in [-0.1, -0.05) is 0 Å². The summed E-state index contributed by atoms with van der Waals surface area (Å²) in [5.74, 6) is -0.880. The summed E-state index contributed by atoms with van der Waals surface area (Å²) in [5, 5.41) is 0. The third kappa shape index (κ3) is 7.89. The summed E-state index contributed by atoms with van der Waals surface area (Å²) in [6.07, 6.45) is 2.12. The van der Waals surface area contributed by atoms with Crippen LogP contribution in [0.5, 0.6) is 0 Å². The number of fused-ring (bicyclic) bond motifs is 1. The Labute approximate surface area is 204 Å². The minimum absolute atomic E-state index is 0.181. The average molecular weight is 513 g/mol. The molecule has 0 aliphatic rings. The molecule has 1 atom stereocenters. The molecule has 0 bridgehead atoms. The SMILES string of the molecule is C[C@H](Cn1cnc2c(N)ncnc21)OC(OCOC(=O)C(C)(C)C)(OCOC(=O)C(C)(C)C)P=O. The van der Waals surface area contributed by atoms with Crippen molar-refractivity contribution in [1.82, 2.24) is 19.5 Å². The van der Waals surface area contributed by atoms with E-state index in [0.717, 1.165) is 0 Å². The number of esters is 2. The third-order valence-electron chi connectivity index (χ3n) is 4.43. The molecular formula is C21H32N5O8P. The van der Waals surface area contributed by atoms with E-state index < -0.39 is 56.6 Å². The first-order valence-electron chi connectivity index (χ1n) is 10.7. The highest BCUT2D eigenvalue weighted by molar-refractivity contribution is 7.25. The molecule has 2 heterocycles. The van der Waals surface area contributed by atoms with E-state index >= 15 is 0 Å². The Kier molecular flexibility index (Phi) is 9.23. The summed E-state index contributed by atoms with van der Waals surface area (Å²) in [6, 6.07) is 0. The molecular weight excluding hydrogens is 481 g/mol. The van der Waals surface area contributed by atoms with Gasteiger partial charge in [-0.15, -0.1) is 0 Å². The van der Waals surface area contributed by atoms with Crippen molar-refractivity contribution in [2.24, 2.45) is 10.8 Å². The molecule has 35 heavy (non-hydrogen) atoms. The maximum Gasteiger partial charge on any atom is 0.374 e. The van der Waals surface area contributed by atoms with E-state index in [4.69, 9.17) is 29.4 Å². The van der Waals surface area contributed by atoms with E-state index in [1.807, 2.05) is 0 Å². The molecule has 14 heteroatoms. The van der Waals surface area contributed by atoms with Gasteiger partial charge in [-0.3, -0.25) is 23.6 Å². The van der Waals surface area contributed by atoms with Gasteiger partial charge in [-0.05, 0) is 48.5 Å². The highest BCUT2D eigenvalue weighted by Crippen LogP contribution is 2.31. The molecule has 0 amide bonds. The molecule has 0 aliphatic carbocycles. The van der Waals surface area contributed by atoms with Crippen molar-refractivity contribution in [3.63, 3.8) is 0 Å². The molecule has 0 aromatic carbocycles. The van der Waals surface area contributed by atoms with Crippen LogP contribution in [0.15, 0.2) is 12.7 Å². The summed E-state index contributed by atoms with van der Waals surface area (Å²) in [5.41, 5.74) is 2.90. The highest BCUT2D eigenvalue weighted by atomic mass is 31.1. The summed E-state index contributed by atoms with van der Waals surface area (Å²) >= 11 is 0. The van der Waals surface area contributed by atoms with Gasteiger partial charge in [-0.2, -0.15) is 0 Å². The fourth-order valence-electron chi connectivity index (χ4n) is 2.53. The topological polar surface area (TPSA) is 167 Å². The van der Waals surface area contributed by atoms with E-state index in [1.165, 1.54) is 12.7 Å². The minimum Gasteiger partial charge on any atom is -0.438 e. The predicted molar refractivity (Wildman–Crippen MR) is 124 cm³/mol. The lowest BCUT2D eigenvalue weighted by molar-refractivity contribution is -0.367. The fourth-order valence-corrected chi connectivity index (χ4v) is 2.97. The van der Waals surface area contributed by atoms with Gasteiger partial charge in [0.25, 0.3) is 8.46 Å². The van der Waals surface area contributed by atoms with E-state index in [-0.39, 0.29) is 12.4 Å². The molecule has 0 saturated carbocycles. The van der Waals surface area contributed by atoms with Gasteiger partial charge in [0.15, 0.2) is 25.1 Å². The Morgan fingerprint density at radius 2 is 1.54 bits per heavy atom. The second-order valence-electron chi connectivity index (χ2n) is 9.76. The van der Waals surface area contributed by atoms with E-state index in [9.17, 15) is 14.2 Å². The lowest BCUT2D eigenvalue weighted by Gasteiger charge is -2.30. The third-order valence-corrected chi connectivity index (χ3v) is 5.02. The van der Waals surface area contributed by atoms with Crippen LogP contribution in [-0.2, 0) is 44.4 Å². The Bertz CT molecular complexity index is 1010. The Balaban J connectivity index is 2.14. The first kappa shape index (κ1) is 28.5. The second kappa shape index (κ2) is 11.3. The first-order chi connectivity index (χ1) is 16.2. The Morgan fingerprint density at radius 3 is 2.03 bits per heavy atom. The van der Waals surface area contributed by atoms with Crippen LogP contribution < -0.4 is 5.73 Å². The number of hydrogen-bond donors (Lipinski definition) is 1. The minimum atomic E-state index is -2.24. The van der Waals surface area contributed by atoms with Gasteiger partial charge < -0.3 is 24.5 Å². The molecule has 0 unspecified atom stereocenters. The number of imidazole rings is 1. The predicted octanol–water partition coefficient (Wildman–Crippen LogP) is 2.84. The van der Waals surface area contributed by atoms with Gasteiger partial charge in [0.05, 0.1) is 29.8 Å². The summed E-state index contributed by atoms with van der Waals surface area (Å²) in [4.78, 5) is 36.4. The van der Waals surface area contributed by atoms with Crippen molar-refractivity contribution in [3.05, 3.63) is 12.7 Å². The smallest absolute Gasteiger partial charge is 0.374 e. The van der Waals surface area contributed by atoms with E-state index in [2.05, 4.69) is 15.0 Å². The molecule has 0 spiro atoms. The van der Waals surface area contributed by atoms with Crippen LogP contribution in [0.25, 0.3) is 11.2 Å². The lowest BCUT2D eigenvalue weighted by Crippen LogP contribution is -2.40. The average Bonchev–Trinajstić information content (AvgIpc) is 3.15. The number of hydrogen-bond acceptors (Lipinski definition) is 12. The summed E-state index contributed by atoms with van der Waals surface area (Å²) in [7, 11) is -0.759. The molecule has 0 aliphatic heterocycles. The largest absolute Gasteiger partial charge is 0.438 e. The van der Waals surface area contributed by atoms with Gasteiger partial charge in [-0.25, -0.2) is 15.0 Å². The van der Waals surface area contributed by atoms with Gasteiger partial charge in [0.1, 0.15) is 11.8 Å². The van der Waals surface area contributed by atoms with Crippen molar-refractivity contribution in [2.45, 2.75) is 66.8 Å². The van der Waals surface area contributed by atoms with Gasteiger partial charge in [0.2, 0.25) is 0 Å². The molecule has 0 radical (unpaired) electrons. The van der Waals surface area contributed by atoms with Crippen molar-refractivity contribution in [1.29, 1.82) is 0 Å². The molecule has 2 rings (SSSR count). The fraction of sp³-hybridized carbons (Fsp3) is 0.667. The molecule has 2 aromatic heterocycles. The number of ether oxygens (including phenoxy) is 5. The molecule has 13 nitrogen and oxygen atoms in total. The lowest BCUT2D eigenvalue weighted by atomic mass is 9.98. The molecule has 2 N–H and O–H groups in total. The van der Waals surface area contributed by atoms with Crippen molar-refractivity contribution in [2.75, 3.05) is 19.3 Å². The van der Waals surface area contributed by atoms with Crippen LogP contribution >= 0.6 is 8.46 Å². The highest BCUT2D eigenvalue weighted by Gasteiger charge is 2.40. The van der Waals surface area contributed by atoms with Crippen LogP contribution in [0.3, 0.4) is 0 Å². The summed E-state index contributed by atoms with van der Waals surface area (Å²) < 4.78 is 40.6. The normalized spacial score (nSPS) is 13.7. The molecule has 0 fully saturated rings. The maximum absolute atomic E-state index is 12.2. The van der Waals surface area contributed by atoms with E-state index in [1.54, 1.807) is 53.0 Å². The van der Waals surface area contributed by atoms with Crippen molar-refractivity contribution < 1.29 is 37.8 Å². The number of carbonyl (C=O) groups excluding carboxylic acids is 2. The van der Waals surface area contributed by atoms with Crippen LogP contribution in [0, 0.1) is 10.8 Å². The summed E-state index contributed by atoms with van der Waals surface area (Å²) in [6.45, 7) is 10.6. The van der Waals surface area contributed by atoms with Crippen molar-refractivity contribution >= 4 is 37.4 Å². The van der Waals surface area contributed by atoms with Crippen LogP contribution in [0.4, 0.5) is 5.82 Å². The number of anilines is 1. The zero-order valence-electron chi connectivity index (χ0n) is 20.9. The standard InChI is InChI=1S/C21H32N5O8P/c1-13(8-26-10-25-14-15(22)23-9-24-16(14)26)34-21(35-29,32-11-30-17(27)19(2,3)4)33-12-31-18(28)20(5,6)7/h9-10,13H,8,11-12H2,1-7H3,(H2,22,23,24)/t13-/m1/s1. The molecule has 2 aromatic rings. The number of nitrogens with two attached hydrogens (primary N) is 1. The van der Waals surface area contributed by atoms with E-state index in [0.29, 0.717) is 11.2 Å². The molecule has 0 saturated heterocycles. The quantitative estimate of drug-likeness (QED) is 0.265. The molecule has 194 valence electrons. The zero-order chi connectivity index (χ0) is 26.4. The van der Waals surface area contributed by atoms with Gasteiger partial charge in [0, 0.05) is 0 Å². The maximum atomic E-state index is 12.2. The number of nitrogen functional groups attached to an aromatic ring is 1. The van der Waals surface area contributed by atoms with Crippen LogP contribution in [0.1, 0.15) is 48.5 Å². The van der Waals surface area contributed by atoms with Crippen molar-refractivity contribution in [3.8, 4) is 0 Å². The Morgan fingerprint density at radius 1 is 1.00 bits per heavy atom.